The summed E-state index contributed by atoms with van der Waals surface area (Å²) in [5.74, 6) is 0. The fraction of sp³-hybridized carbons (Fsp3) is 0.455. The van der Waals surface area contributed by atoms with Gasteiger partial charge < -0.3 is 9.74 Å². The second kappa shape index (κ2) is 3.98. The molecule has 1 aromatic carbocycles. The number of benzene rings is 1. The minimum Gasteiger partial charge on any atom is -0.378 e. The van der Waals surface area contributed by atoms with E-state index in [9.17, 15) is 0 Å². The molecule has 1 heterocycles. The van der Waals surface area contributed by atoms with Crippen molar-refractivity contribution >= 4 is 5.69 Å². The van der Waals surface area contributed by atoms with Crippen molar-refractivity contribution in [2.75, 3.05) is 25.6 Å². The Labute approximate surface area is 84.6 Å². The summed E-state index contributed by atoms with van der Waals surface area (Å²) in [6, 6.07) is 8.89. The number of hydrogen-bond donors (Lipinski definition) is 1. The monoisotopic (exact) mass is 192 g/mol. The van der Waals surface area contributed by atoms with Crippen LogP contribution in [-0.4, -0.2) is 20.7 Å². The summed E-state index contributed by atoms with van der Waals surface area (Å²) in [4.78, 5) is 7.26. The SMILES string of the molecule is CN(C)c1cccc([C@@H]2CCON2)c1. The molecule has 1 aliphatic rings. The van der Waals surface area contributed by atoms with E-state index in [0.717, 1.165) is 13.0 Å². The van der Waals surface area contributed by atoms with Crippen LogP contribution >= 0.6 is 0 Å². The highest BCUT2D eigenvalue weighted by Crippen LogP contribution is 2.24. The lowest BCUT2D eigenvalue weighted by atomic mass is 10.0. The molecule has 0 saturated carbocycles. The Morgan fingerprint density at radius 1 is 1.43 bits per heavy atom. The van der Waals surface area contributed by atoms with Gasteiger partial charge in [-0.2, -0.15) is 5.48 Å². The maximum atomic E-state index is 5.15. The minimum absolute atomic E-state index is 0.356. The number of rotatable bonds is 2. The molecule has 3 heteroatoms. The largest absolute Gasteiger partial charge is 0.378 e. The van der Waals surface area contributed by atoms with E-state index >= 15 is 0 Å². The van der Waals surface area contributed by atoms with E-state index in [1.165, 1.54) is 11.3 Å². The fourth-order valence-electron chi connectivity index (χ4n) is 1.65. The first kappa shape index (κ1) is 9.49. The van der Waals surface area contributed by atoms with Crippen molar-refractivity contribution < 1.29 is 4.84 Å². The number of nitrogens with zero attached hydrogens (tertiary/aromatic N) is 1. The molecule has 1 N–H and O–H groups in total. The molecule has 0 bridgehead atoms. The lowest BCUT2D eigenvalue weighted by molar-refractivity contribution is 0.0883. The smallest absolute Gasteiger partial charge is 0.0701 e. The van der Waals surface area contributed by atoms with Gasteiger partial charge in [-0.25, -0.2) is 0 Å². The summed E-state index contributed by atoms with van der Waals surface area (Å²) in [5.41, 5.74) is 5.55. The molecular weight excluding hydrogens is 176 g/mol. The van der Waals surface area contributed by atoms with Crippen LogP contribution in [0.25, 0.3) is 0 Å². The summed E-state index contributed by atoms with van der Waals surface area (Å²) >= 11 is 0. The quantitative estimate of drug-likeness (QED) is 0.772. The van der Waals surface area contributed by atoms with Crippen molar-refractivity contribution in [1.82, 2.24) is 5.48 Å². The zero-order chi connectivity index (χ0) is 9.97. The van der Waals surface area contributed by atoms with Crippen molar-refractivity contribution in [3.63, 3.8) is 0 Å². The topological polar surface area (TPSA) is 24.5 Å². The van der Waals surface area contributed by atoms with Crippen LogP contribution in [0.1, 0.15) is 18.0 Å². The van der Waals surface area contributed by atoms with Gasteiger partial charge in [-0.3, -0.25) is 0 Å². The summed E-state index contributed by atoms with van der Waals surface area (Å²) in [7, 11) is 4.11. The van der Waals surface area contributed by atoms with Gasteiger partial charge in [0, 0.05) is 19.8 Å². The van der Waals surface area contributed by atoms with Gasteiger partial charge in [0.15, 0.2) is 0 Å². The van der Waals surface area contributed by atoms with Crippen molar-refractivity contribution in [3.05, 3.63) is 29.8 Å². The molecule has 0 aliphatic carbocycles. The molecule has 1 aromatic rings. The summed E-state index contributed by atoms with van der Waals surface area (Å²) in [6.45, 7) is 0.802. The van der Waals surface area contributed by atoms with Crippen LogP contribution in [0.3, 0.4) is 0 Å². The molecule has 0 spiro atoms. The highest BCUT2D eigenvalue weighted by atomic mass is 16.7. The fourth-order valence-corrected chi connectivity index (χ4v) is 1.65. The molecule has 14 heavy (non-hydrogen) atoms. The van der Waals surface area contributed by atoms with Crippen molar-refractivity contribution in [2.45, 2.75) is 12.5 Å². The predicted molar refractivity (Wildman–Crippen MR) is 57.2 cm³/mol. The maximum Gasteiger partial charge on any atom is 0.0701 e. The molecular formula is C11H16N2O. The Morgan fingerprint density at radius 3 is 2.93 bits per heavy atom. The Bertz CT molecular complexity index is 306. The minimum atomic E-state index is 0.356. The molecule has 1 atom stereocenters. The van der Waals surface area contributed by atoms with E-state index in [-0.39, 0.29) is 0 Å². The van der Waals surface area contributed by atoms with Crippen LogP contribution in [0.15, 0.2) is 24.3 Å². The number of nitrogens with one attached hydrogen (secondary N) is 1. The Morgan fingerprint density at radius 2 is 2.29 bits per heavy atom. The molecule has 1 fully saturated rings. The lowest BCUT2D eigenvalue weighted by Gasteiger charge is -2.15. The molecule has 1 saturated heterocycles. The van der Waals surface area contributed by atoms with E-state index in [1.54, 1.807) is 0 Å². The molecule has 2 rings (SSSR count). The van der Waals surface area contributed by atoms with E-state index in [4.69, 9.17) is 4.84 Å². The van der Waals surface area contributed by atoms with Gasteiger partial charge >= 0.3 is 0 Å². The van der Waals surface area contributed by atoms with Crippen LogP contribution in [0.5, 0.6) is 0 Å². The number of hydrogen-bond acceptors (Lipinski definition) is 3. The molecule has 1 aliphatic heterocycles. The van der Waals surface area contributed by atoms with Gasteiger partial charge in [0.05, 0.1) is 12.6 Å². The second-order valence-electron chi connectivity index (χ2n) is 3.80. The van der Waals surface area contributed by atoms with E-state index < -0.39 is 0 Å². The summed E-state index contributed by atoms with van der Waals surface area (Å²) in [6.07, 6.45) is 1.05. The van der Waals surface area contributed by atoms with Gasteiger partial charge in [-0.05, 0) is 24.1 Å². The van der Waals surface area contributed by atoms with E-state index in [0.29, 0.717) is 6.04 Å². The van der Waals surface area contributed by atoms with Gasteiger partial charge in [0.1, 0.15) is 0 Å². The summed E-state index contributed by atoms with van der Waals surface area (Å²) in [5, 5.41) is 0. The lowest BCUT2D eigenvalue weighted by Crippen LogP contribution is -2.13. The first-order valence-corrected chi connectivity index (χ1v) is 4.92. The number of anilines is 1. The first-order valence-electron chi connectivity index (χ1n) is 4.92. The zero-order valence-corrected chi connectivity index (χ0v) is 8.66. The Kier molecular flexibility index (Phi) is 2.70. The Balaban J connectivity index is 2.21. The number of hydroxylamine groups is 1. The third kappa shape index (κ3) is 1.89. The van der Waals surface area contributed by atoms with E-state index in [1.807, 2.05) is 0 Å². The van der Waals surface area contributed by atoms with E-state index in [2.05, 4.69) is 48.7 Å². The van der Waals surface area contributed by atoms with Gasteiger partial charge in [0.25, 0.3) is 0 Å². The van der Waals surface area contributed by atoms with Crippen LogP contribution in [0.4, 0.5) is 5.69 Å². The third-order valence-corrected chi connectivity index (χ3v) is 2.52. The highest BCUT2D eigenvalue weighted by molar-refractivity contribution is 5.47. The molecule has 76 valence electrons. The van der Waals surface area contributed by atoms with Crippen molar-refractivity contribution in [1.29, 1.82) is 0 Å². The molecule has 0 aromatic heterocycles. The van der Waals surface area contributed by atoms with Crippen LogP contribution in [-0.2, 0) is 4.84 Å². The maximum absolute atomic E-state index is 5.15. The molecule has 0 amide bonds. The second-order valence-corrected chi connectivity index (χ2v) is 3.80. The van der Waals surface area contributed by atoms with Crippen molar-refractivity contribution in [3.8, 4) is 0 Å². The average molecular weight is 192 g/mol. The molecule has 0 radical (unpaired) electrons. The normalized spacial score (nSPS) is 21.1. The van der Waals surface area contributed by atoms with Crippen molar-refractivity contribution in [2.24, 2.45) is 0 Å². The highest BCUT2D eigenvalue weighted by Gasteiger charge is 2.17. The van der Waals surface area contributed by atoms with Crippen LogP contribution in [0, 0.1) is 0 Å². The zero-order valence-electron chi connectivity index (χ0n) is 8.66. The van der Waals surface area contributed by atoms with Crippen LogP contribution < -0.4 is 10.4 Å². The van der Waals surface area contributed by atoms with Crippen LogP contribution in [0.2, 0.25) is 0 Å². The predicted octanol–water partition coefficient (Wildman–Crippen LogP) is 1.72. The molecule has 3 nitrogen and oxygen atoms in total. The molecule has 0 unspecified atom stereocenters. The van der Waals surface area contributed by atoms with Gasteiger partial charge in [-0.15, -0.1) is 0 Å². The average Bonchev–Trinajstić information content (AvgIpc) is 2.71. The summed E-state index contributed by atoms with van der Waals surface area (Å²) < 4.78 is 0. The Hall–Kier alpha value is -1.06. The third-order valence-electron chi connectivity index (χ3n) is 2.52. The van der Waals surface area contributed by atoms with Gasteiger partial charge in [-0.1, -0.05) is 12.1 Å². The van der Waals surface area contributed by atoms with Gasteiger partial charge in [0.2, 0.25) is 0 Å². The standard InChI is InChI=1S/C11H16N2O/c1-13(2)10-5-3-4-9(8-10)11-6-7-14-12-11/h3-5,8,11-12H,6-7H2,1-2H3/t11-/m0/s1. The first-order chi connectivity index (χ1) is 6.77.